The zero-order chi connectivity index (χ0) is 40.4. The average Bonchev–Trinajstić information content (AvgIpc) is 3.08. The van der Waals surface area contributed by atoms with Gasteiger partial charge in [0.25, 0.3) is 0 Å². The van der Waals surface area contributed by atoms with Crippen molar-refractivity contribution in [2.24, 2.45) is 50.2 Å². The van der Waals surface area contributed by atoms with Gasteiger partial charge in [-0.05, 0) is 103 Å². The number of carbonyl (C=O) groups is 2. The van der Waals surface area contributed by atoms with Crippen LogP contribution in [0.15, 0.2) is 11.6 Å². The smallest absolute Gasteiger partial charge is 0.335 e. The molecule has 0 aromatic carbocycles. The SMILES string of the molecule is CC1(C)CC[C@@]2(C(=O)O)C(C1)C1=CCC3[C@@]4(C)CC[C@H](O[C@@H]5O[C@H](C(=O)O)[C@@H](O)[C@H](O[C@@H]6OC[C@@H](O)[C@H](O)[C@H]6O)[C@H]5O)C(C)(C)C4CC[C@@]3(C)[C@]1(C)C[C@H]2O. The van der Waals surface area contributed by atoms with Crippen LogP contribution in [0.1, 0.15) is 106 Å². The van der Waals surface area contributed by atoms with Gasteiger partial charge >= 0.3 is 11.9 Å². The van der Waals surface area contributed by atoms with E-state index >= 15 is 0 Å². The van der Waals surface area contributed by atoms with Crippen molar-refractivity contribution in [1.82, 2.24) is 0 Å². The fraction of sp³-hybridized carbons (Fsp3) is 0.902. The molecular formula is C41H64O14. The summed E-state index contributed by atoms with van der Waals surface area (Å²) in [6.07, 6.45) is -7.81. The first kappa shape index (κ1) is 41.4. The number of aliphatic hydroxyl groups excluding tert-OH is 6. The number of aliphatic carboxylic acids is 2. The first-order valence-corrected chi connectivity index (χ1v) is 20.3. The Bertz CT molecular complexity index is 1550. The van der Waals surface area contributed by atoms with Crippen LogP contribution >= 0.6 is 0 Å². The summed E-state index contributed by atoms with van der Waals surface area (Å²) in [5.74, 6) is -2.26. The van der Waals surface area contributed by atoms with Gasteiger partial charge in [-0.15, -0.1) is 0 Å². The van der Waals surface area contributed by atoms with Crippen LogP contribution in [0.2, 0.25) is 0 Å². The lowest BCUT2D eigenvalue weighted by Gasteiger charge is -2.71. The molecule has 5 aliphatic carbocycles. The maximum atomic E-state index is 13.1. The standard InChI is InChI=1S/C41H64O14/c1-36(2)14-15-41(35(50)51)20(16-36)19-8-9-23-38(5)12-11-25(37(3,4)22(38)10-13-39(23,6)40(19,7)17-24(41)43)53-34-29(47)30(28(46)31(55-34)32(48)49)54-33-27(45)26(44)21(42)18-52-33/h8,20-31,33-34,42-47H,9-18H2,1-7H3,(H,48,49)(H,50,51)/t20?,21-,22?,23?,24-,25+,26+,27-,28+,29-,30+,31+,33+,34-,38+,39-,40-,41-/m1/s1. The van der Waals surface area contributed by atoms with Crippen LogP contribution in [0.4, 0.5) is 0 Å². The number of allylic oxidation sites excluding steroid dienone is 2. The Kier molecular flexibility index (Phi) is 10.3. The maximum Gasteiger partial charge on any atom is 0.335 e. The third-order valence-electron chi connectivity index (χ3n) is 16.9. The topological polar surface area (TPSA) is 233 Å². The van der Waals surface area contributed by atoms with E-state index < -0.39 is 102 Å². The van der Waals surface area contributed by atoms with Crippen molar-refractivity contribution in [3.8, 4) is 0 Å². The van der Waals surface area contributed by atoms with E-state index in [4.69, 9.17) is 18.9 Å². The van der Waals surface area contributed by atoms with Gasteiger partial charge in [-0.3, -0.25) is 4.79 Å². The Balaban J connectivity index is 1.14. The van der Waals surface area contributed by atoms with Gasteiger partial charge in [-0.2, -0.15) is 0 Å². The van der Waals surface area contributed by atoms with Crippen LogP contribution in [-0.4, -0.2) is 127 Å². The van der Waals surface area contributed by atoms with Crippen molar-refractivity contribution in [2.75, 3.05) is 6.61 Å². The molecule has 7 aliphatic rings. The van der Waals surface area contributed by atoms with Crippen molar-refractivity contribution in [2.45, 2.75) is 174 Å². The van der Waals surface area contributed by atoms with Crippen molar-refractivity contribution < 1.29 is 69.4 Å². The highest BCUT2D eigenvalue weighted by Crippen LogP contribution is 2.76. The number of aliphatic hydroxyl groups is 6. The number of hydrogen-bond acceptors (Lipinski definition) is 12. The molecular weight excluding hydrogens is 716 g/mol. The molecule has 14 nitrogen and oxygen atoms in total. The number of carboxylic acid groups (broad SMARTS) is 2. The van der Waals surface area contributed by atoms with Gasteiger partial charge in [0.05, 0.1) is 18.8 Å². The molecule has 0 aromatic heterocycles. The third kappa shape index (κ3) is 6.01. The summed E-state index contributed by atoms with van der Waals surface area (Å²) in [4.78, 5) is 25.3. The fourth-order valence-corrected chi connectivity index (χ4v) is 13.5. The van der Waals surface area contributed by atoms with Crippen molar-refractivity contribution in [3.05, 3.63) is 11.6 Å². The third-order valence-corrected chi connectivity index (χ3v) is 16.9. The normalized spacial score (nSPS) is 53.1. The molecule has 0 spiro atoms. The molecule has 6 fully saturated rings. The Labute approximate surface area is 323 Å². The molecule has 4 saturated carbocycles. The van der Waals surface area contributed by atoms with Gasteiger partial charge in [0, 0.05) is 0 Å². The number of ether oxygens (including phenoxy) is 4. The van der Waals surface area contributed by atoms with Gasteiger partial charge in [0.15, 0.2) is 18.7 Å². The van der Waals surface area contributed by atoms with E-state index in [9.17, 15) is 50.4 Å². The molecule has 8 N–H and O–H groups in total. The van der Waals surface area contributed by atoms with Gasteiger partial charge in [0.2, 0.25) is 0 Å². The largest absolute Gasteiger partial charge is 0.481 e. The number of fused-ring (bicyclic) bond motifs is 7. The number of hydrogen-bond donors (Lipinski definition) is 8. The molecule has 2 heterocycles. The van der Waals surface area contributed by atoms with E-state index in [0.29, 0.717) is 19.3 Å². The van der Waals surface area contributed by atoms with E-state index in [1.807, 2.05) is 0 Å². The van der Waals surface area contributed by atoms with Gasteiger partial charge < -0.3 is 59.8 Å². The second kappa shape index (κ2) is 13.7. The lowest BCUT2D eigenvalue weighted by atomic mass is 9.33. The van der Waals surface area contributed by atoms with Crippen molar-refractivity contribution in [1.29, 1.82) is 0 Å². The molecule has 2 saturated heterocycles. The van der Waals surface area contributed by atoms with Gasteiger partial charge in [-0.1, -0.05) is 60.1 Å². The Morgan fingerprint density at radius 1 is 0.764 bits per heavy atom. The Morgan fingerprint density at radius 3 is 2.11 bits per heavy atom. The molecule has 0 bridgehead atoms. The maximum absolute atomic E-state index is 13.1. The van der Waals surface area contributed by atoms with E-state index in [-0.39, 0.29) is 34.0 Å². The zero-order valence-corrected chi connectivity index (χ0v) is 33.3. The van der Waals surface area contributed by atoms with Crippen LogP contribution in [0, 0.1) is 50.2 Å². The highest BCUT2D eigenvalue weighted by molar-refractivity contribution is 5.77. The van der Waals surface area contributed by atoms with Crippen LogP contribution in [0.5, 0.6) is 0 Å². The minimum absolute atomic E-state index is 0.0342. The summed E-state index contributed by atoms with van der Waals surface area (Å²) in [5, 5.41) is 85.6. The summed E-state index contributed by atoms with van der Waals surface area (Å²) in [6, 6.07) is 0. The minimum atomic E-state index is -1.88. The molecule has 0 amide bonds. The second-order valence-corrected chi connectivity index (χ2v) is 20.4. The molecule has 18 atom stereocenters. The van der Waals surface area contributed by atoms with E-state index in [1.165, 1.54) is 5.57 Å². The molecule has 14 heteroatoms. The fourth-order valence-electron chi connectivity index (χ4n) is 13.5. The molecule has 312 valence electrons. The quantitative estimate of drug-likeness (QED) is 0.143. The number of carboxylic acids is 2. The highest BCUT2D eigenvalue weighted by Gasteiger charge is 2.71. The molecule has 2 aliphatic heterocycles. The lowest BCUT2D eigenvalue weighted by molar-refractivity contribution is -0.357. The monoisotopic (exact) mass is 780 g/mol. The lowest BCUT2D eigenvalue weighted by Crippen LogP contribution is -2.68. The Morgan fingerprint density at radius 2 is 1.45 bits per heavy atom. The zero-order valence-electron chi connectivity index (χ0n) is 33.3. The summed E-state index contributed by atoms with van der Waals surface area (Å²) in [6.45, 7) is 15.3. The van der Waals surface area contributed by atoms with Crippen LogP contribution in [-0.2, 0) is 28.5 Å². The van der Waals surface area contributed by atoms with E-state index in [0.717, 1.165) is 38.5 Å². The molecule has 0 radical (unpaired) electrons. The highest BCUT2D eigenvalue weighted by atomic mass is 16.7. The summed E-state index contributed by atoms with van der Waals surface area (Å²) >= 11 is 0. The summed E-state index contributed by atoms with van der Waals surface area (Å²) < 4.78 is 23.3. The first-order chi connectivity index (χ1) is 25.5. The Hall–Kier alpha value is -1.72. The van der Waals surface area contributed by atoms with Gasteiger partial charge in [0.1, 0.15) is 42.0 Å². The molecule has 0 aromatic rings. The van der Waals surface area contributed by atoms with Crippen molar-refractivity contribution >= 4 is 11.9 Å². The van der Waals surface area contributed by atoms with Crippen LogP contribution < -0.4 is 0 Å². The summed E-state index contributed by atoms with van der Waals surface area (Å²) in [7, 11) is 0. The summed E-state index contributed by atoms with van der Waals surface area (Å²) in [5.41, 5.74) is -1.27. The van der Waals surface area contributed by atoms with Gasteiger partial charge in [-0.25, -0.2) is 4.79 Å². The predicted molar refractivity (Wildman–Crippen MR) is 194 cm³/mol. The van der Waals surface area contributed by atoms with Crippen molar-refractivity contribution in [3.63, 3.8) is 0 Å². The predicted octanol–water partition coefficient (Wildman–Crippen LogP) is 2.58. The first-order valence-electron chi connectivity index (χ1n) is 20.3. The molecule has 55 heavy (non-hydrogen) atoms. The average molecular weight is 781 g/mol. The van der Waals surface area contributed by atoms with Crippen LogP contribution in [0.25, 0.3) is 0 Å². The van der Waals surface area contributed by atoms with E-state index in [1.54, 1.807) is 0 Å². The van der Waals surface area contributed by atoms with E-state index in [2.05, 4.69) is 54.5 Å². The minimum Gasteiger partial charge on any atom is -0.481 e. The van der Waals surface area contributed by atoms with Crippen LogP contribution in [0.3, 0.4) is 0 Å². The second-order valence-electron chi connectivity index (χ2n) is 20.4. The number of rotatable bonds is 6. The molecule has 3 unspecified atom stereocenters. The molecule has 7 rings (SSSR count).